The summed E-state index contributed by atoms with van der Waals surface area (Å²) in [6.07, 6.45) is 7.26. The first-order valence-electron chi connectivity index (χ1n) is 10.0. The van der Waals surface area contributed by atoms with Gasteiger partial charge >= 0.3 is 0 Å². The molecule has 3 aromatic heterocycles. The van der Waals surface area contributed by atoms with Crippen molar-refractivity contribution in [2.75, 3.05) is 31.1 Å². The summed E-state index contributed by atoms with van der Waals surface area (Å²) >= 11 is 0. The molecule has 0 aromatic carbocycles. The lowest BCUT2D eigenvalue weighted by atomic mass is 9.91. The molecule has 1 fully saturated rings. The third-order valence-corrected chi connectivity index (χ3v) is 5.75. The van der Waals surface area contributed by atoms with E-state index in [0.717, 1.165) is 0 Å². The minimum absolute atomic E-state index is 0.0383. The zero-order valence-corrected chi connectivity index (χ0v) is 16.9. The lowest BCUT2D eigenvalue weighted by Crippen LogP contribution is -2.55. The highest BCUT2D eigenvalue weighted by atomic mass is 19.3. The fourth-order valence-electron chi connectivity index (χ4n) is 4.20. The van der Waals surface area contributed by atoms with E-state index in [9.17, 15) is 10.1 Å². The number of nitriles is 1. The van der Waals surface area contributed by atoms with E-state index in [4.69, 9.17) is 4.74 Å². The highest BCUT2D eigenvalue weighted by Crippen LogP contribution is 2.37. The van der Waals surface area contributed by atoms with Gasteiger partial charge in [0.05, 0.1) is 19.6 Å². The van der Waals surface area contributed by atoms with Gasteiger partial charge in [0.25, 0.3) is 5.92 Å². The molecule has 0 N–H and O–H groups in total. The number of amides is 1. The molecule has 5 rings (SSSR count). The topological polar surface area (TPSA) is 113 Å². The van der Waals surface area contributed by atoms with E-state index in [0.29, 0.717) is 22.8 Å². The number of hydrogen-bond donors (Lipinski definition) is 0. The van der Waals surface area contributed by atoms with E-state index in [1.54, 1.807) is 6.20 Å². The molecule has 32 heavy (non-hydrogen) atoms. The van der Waals surface area contributed by atoms with Crippen molar-refractivity contribution in [3.63, 3.8) is 0 Å². The number of carbonyl (C=O) groups is 1. The maximum Gasteiger partial charge on any atom is 0.276 e. The molecule has 1 atom stereocenters. The number of anilines is 1. The second-order valence-electron chi connectivity index (χ2n) is 7.70. The van der Waals surface area contributed by atoms with Gasteiger partial charge in [-0.1, -0.05) is 0 Å². The lowest BCUT2D eigenvalue weighted by Gasteiger charge is -2.39. The molecule has 164 valence electrons. The zero-order valence-electron chi connectivity index (χ0n) is 16.9. The van der Waals surface area contributed by atoms with Crippen LogP contribution in [0, 0.1) is 17.2 Å². The van der Waals surface area contributed by atoms with Crippen molar-refractivity contribution in [1.29, 1.82) is 5.26 Å². The van der Waals surface area contributed by atoms with Crippen molar-refractivity contribution in [1.82, 2.24) is 29.5 Å². The summed E-state index contributed by atoms with van der Waals surface area (Å²) in [5.74, 6) is -4.71. The third-order valence-electron chi connectivity index (χ3n) is 5.75. The third kappa shape index (κ3) is 3.35. The van der Waals surface area contributed by atoms with Crippen LogP contribution in [0.2, 0.25) is 0 Å². The van der Waals surface area contributed by atoms with Crippen molar-refractivity contribution in [3.05, 3.63) is 42.2 Å². The Bertz CT molecular complexity index is 1220. The summed E-state index contributed by atoms with van der Waals surface area (Å²) in [5, 5.41) is 13.2. The van der Waals surface area contributed by atoms with Crippen molar-refractivity contribution >= 4 is 17.4 Å². The lowest BCUT2D eigenvalue weighted by molar-refractivity contribution is -0.152. The van der Waals surface area contributed by atoms with E-state index < -0.39 is 24.3 Å². The second-order valence-corrected chi connectivity index (χ2v) is 7.70. The molecule has 5 heterocycles. The Hall–Kier alpha value is -3.88. The Morgan fingerprint density at radius 2 is 2.16 bits per heavy atom. The Morgan fingerprint density at radius 3 is 2.97 bits per heavy atom. The smallest absolute Gasteiger partial charge is 0.276 e. The van der Waals surface area contributed by atoms with Crippen LogP contribution in [0.1, 0.15) is 17.5 Å². The molecule has 1 saturated heterocycles. The number of fused-ring (bicyclic) bond motifs is 2. The standard InChI is InChI=1S/C20H18F2N8O2/c21-20(22)11-29(17-18-25-2-4-30(18)27-12-26-17)3-1-15(20)19(31)28-5-6-32-16-13(7-23)8-24-9-14(16)10-28/h2,4,8-9,12,15H,1,3,5-6,10-11H2. The van der Waals surface area contributed by atoms with Crippen LogP contribution in [0.5, 0.6) is 5.75 Å². The van der Waals surface area contributed by atoms with Gasteiger partial charge in [-0.15, -0.1) is 0 Å². The van der Waals surface area contributed by atoms with Gasteiger partial charge in [0.2, 0.25) is 5.91 Å². The van der Waals surface area contributed by atoms with Gasteiger partial charge in [-0.2, -0.15) is 10.4 Å². The first kappa shape index (κ1) is 20.0. The van der Waals surface area contributed by atoms with Gasteiger partial charge < -0.3 is 14.5 Å². The quantitative estimate of drug-likeness (QED) is 0.586. The molecule has 2 aliphatic heterocycles. The summed E-state index contributed by atoms with van der Waals surface area (Å²) in [7, 11) is 0. The van der Waals surface area contributed by atoms with Crippen LogP contribution >= 0.6 is 0 Å². The second kappa shape index (κ2) is 7.67. The Kier molecular flexibility index (Phi) is 4.80. The van der Waals surface area contributed by atoms with Gasteiger partial charge in [-0.25, -0.2) is 23.3 Å². The first-order chi connectivity index (χ1) is 15.5. The van der Waals surface area contributed by atoms with Crippen LogP contribution in [0.4, 0.5) is 14.6 Å². The fraction of sp³-hybridized carbons (Fsp3) is 0.400. The van der Waals surface area contributed by atoms with Crippen molar-refractivity contribution in [2.24, 2.45) is 5.92 Å². The minimum atomic E-state index is -3.27. The SMILES string of the molecule is N#Cc1cncc2c1OCCN(C(=O)C1CCN(c3ncnn4ccnc34)CC1(F)F)C2. The van der Waals surface area contributed by atoms with Crippen LogP contribution in [0.15, 0.2) is 31.1 Å². The molecule has 1 unspecified atom stereocenters. The number of aromatic nitrogens is 5. The number of rotatable bonds is 2. The largest absolute Gasteiger partial charge is 0.490 e. The molecule has 0 aliphatic carbocycles. The van der Waals surface area contributed by atoms with Crippen LogP contribution in [0.3, 0.4) is 0 Å². The van der Waals surface area contributed by atoms with Crippen LogP contribution < -0.4 is 9.64 Å². The monoisotopic (exact) mass is 440 g/mol. The predicted octanol–water partition coefficient (Wildman–Crippen LogP) is 1.27. The number of piperidine rings is 1. The molecule has 3 aromatic rings. The highest BCUT2D eigenvalue weighted by molar-refractivity contribution is 5.81. The number of nitrogens with zero attached hydrogens (tertiary/aromatic N) is 8. The average Bonchev–Trinajstić information content (AvgIpc) is 3.16. The van der Waals surface area contributed by atoms with Crippen molar-refractivity contribution in [2.45, 2.75) is 18.9 Å². The molecular formula is C20H18F2N8O2. The maximum atomic E-state index is 15.2. The predicted molar refractivity (Wildman–Crippen MR) is 106 cm³/mol. The molecule has 12 heteroatoms. The fourth-order valence-corrected chi connectivity index (χ4v) is 4.20. The number of imidazole rings is 1. The highest BCUT2D eigenvalue weighted by Gasteiger charge is 2.50. The van der Waals surface area contributed by atoms with Crippen LogP contribution in [0.25, 0.3) is 5.65 Å². The normalized spacial score (nSPS) is 20.2. The molecule has 0 saturated carbocycles. The molecule has 1 amide bonds. The Balaban J connectivity index is 1.36. The average molecular weight is 440 g/mol. The molecule has 10 nitrogen and oxygen atoms in total. The van der Waals surface area contributed by atoms with Gasteiger partial charge in [0.15, 0.2) is 11.5 Å². The number of ether oxygens (including phenoxy) is 1. The maximum absolute atomic E-state index is 15.2. The first-order valence-corrected chi connectivity index (χ1v) is 10.0. The number of pyridine rings is 1. The summed E-state index contributed by atoms with van der Waals surface area (Å²) in [5.41, 5.74) is 1.17. The van der Waals surface area contributed by atoms with Gasteiger partial charge in [0, 0.05) is 36.9 Å². The van der Waals surface area contributed by atoms with Crippen LogP contribution in [-0.4, -0.2) is 67.5 Å². The van der Waals surface area contributed by atoms with Gasteiger partial charge in [-0.05, 0) is 6.42 Å². The number of alkyl halides is 2. The van der Waals surface area contributed by atoms with Crippen LogP contribution in [-0.2, 0) is 11.3 Å². The molecule has 0 radical (unpaired) electrons. The Morgan fingerprint density at radius 1 is 1.28 bits per heavy atom. The molecule has 0 spiro atoms. The van der Waals surface area contributed by atoms with E-state index in [-0.39, 0.29) is 38.2 Å². The number of carbonyl (C=O) groups excluding carboxylic acids is 1. The molecule has 2 aliphatic rings. The zero-order chi connectivity index (χ0) is 22.3. The summed E-state index contributed by atoms with van der Waals surface area (Å²) in [4.78, 5) is 28.2. The summed E-state index contributed by atoms with van der Waals surface area (Å²) in [6, 6.07) is 2.00. The molecule has 0 bridgehead atoms. The minimum Gasteiger partial charge on any atom is -0.490 e. The summed E-state index contributed by atoms with van der Waals surface area (Å²) in [6.45, 7) is -0.0971. The Labute approximate surface area is 181 Å². The van der Waals surface area contributed by atoms with E-state index in [1.807, 2.05) is 6.07 Å². The van der Waals surface area contributed by atoms with Crippen molar-refractivity contribution < 1.29 is 18.3 Å². The number of hydrogen-bond acceptors (Lipinski definition) is 8. The van der Waals surface area contributed by atoms with Gasteiger partial charge in [-0.3, -0.25) is 9.78 Å². The molecular weight excluding hydrogens is 422 g/mol. The summed E-state index contributed by atoms with van der Waals surface area (Å²) < 4.78 is 37.5. The van der Waals surface area contributed by atoms with E-state index in [1.165, 1.54) is 39.2 Å². The number of halogens is 2. The van der Waals surface area contributed by atoms with E-state index in [2.05, 4.69) is 20.1 Å². The van der Waals surface area contributed by atoms with Gasteiger partial charge in [0.1, 0.15) is 36.2 Å². The van der Waals surface area contributed by atoms with E-state index >= 15 is 8.78 Å². The van der Waals surface area contributed by atoms with Crippen molar-refractivity contribution in [3.8, 4) is 11.8 Å².